The molecule has 1 atom stereocenters. The molecule has 88 valence electrons. The Balaban J connectivity index is 2.39. The van der Waals surface area contributed by atoms with E-state index in [9.17, 15) is 4.57 Å². The van der Waals surface area contributed by atoms with Crippen LogP contribution in [0.5, 0.6) is 0 Å². The lowest BCUT2D eigenvalue weighted by Gasteiger charge is -2.00. The van der Waals surface area contributed by atoms with Crippen molar-refractivity contribution in [1.82, 2.24) is 0 Å². The van der Waals surface area contributed by atoms with Gasteiger partial charge in [-0.2, -0.15) is 0 Å². The summed E-state index contributed by atoms with van der Waals surface area (Å²) in [5.41, 5.74) is 1.03. The number of hydrogen-bond donors (Lipinski definition) is 0. The molecule has 1 unspecified atom stereocenters. The second-order valence-corrected chi connectivity index (χ2v) is 5.67. The van der Waals surface area contributed by atoms with Crippen LogP contribution in [-0.2, 0) is 9.09 Å². The fraction of sp³-hybridized carbons (Fsp3) is 0.538. The fourth-order valence-corrected chi connectivity index (χ4v) is 2.48. The minimum atomic E-state index is -1.68. The van der Waals surface area contributed by atoms with E-state index in [1.165, 1.54) is 0 Å². The minimum absolute atomic E-state index is 0.585. The molecular formula is C13H20O2P+. The lowest BCUT2D eigenvalue weighted by atomic mass is 10.1. The SMILES string of the molecule is Cc1ccccc1[P+](=O)OCCCC(C)C. The molecule has 0 amide bonds. The van der Waals surface area contributed by atoms with E-state index in [0.29, 0.717) is 12.5 Å². The van der Waals surface area contributed by atoms with Crippen LogP contribution in [0.4, 0.5) is 0 Å². The molecule has 2 nitrogen and oxygen atoms in total. The van der Waals surface area contributed by atoms with Gasteiger partial charge in [-0.05, 0) is 36.3 Å². The zero-order valence-corrected chi connectivity index (χ0v) is 11.2. The molecule has 0 fully saturated rings. The second kappa shape index (κ2) is 6.78. The maximum atomic E-state index is 11.8. The Kier molecular flexibility index (Phi) is 5.65. The van der Waals surface area contributed by atoms with Crippen LogP contribution in [0.2, 0.25) is 0 Å². The van der Waals surface area contributed by atoms with Crippen LogP contribution < -0.4 is 5.30 Å². The summed E-state index contributed by atoms with van der Waals surface area (Å²) in [5, 5.41) is 0.821. The monoisotopic (exact) mass is 239 g/mol. The van der Waals surface area contributed by atoms with E-state index in [4.69, 9.17) is 4.52 Å². The number of rotatable bonds is 6. The second-order valence-electron chi connectivity index (χ2n) is 4.41. The standard InChI is InChI=1S/C13H20O2P/c1-11(2)7-6-10-15-16(14)13-9-5-4-8-12(13)3/h4-5,8-9,11H,6-7,10H2,1-3H3/q+1. The average molecular weight is 239 g/mol. The van der Waals surface area contributed by atoms with Crippen molar-refractivity contribution in [2.45, 2.75) is 33.6 Å². The van der Waals surface area contributed by atoms with Crippen LogP contribution in [0.3, 0.4) is 0 Å². The molecule has 0 saturated heterocycles. The highest BCUT2D eigenvalue weighted by Gasteiger charge is 2.23. The Morgan fingerprint density at radius 2 is 2.00 bits per heavy atom. The Labute approximate surface area is 98.9 Å². The first-order valence-corrected chi connectivity index (χ1v) is 6.95. The van der Waals surface area contributed by atoms with Gasteiger partial charge in [-0.25, -0.2) is 0 Å². The van der Waals surface area contributed by atoms with Gasteiger partial charge in [0.05, 0.1) is 0 Å². The van der Waals surface area contributed by atoms with Gasteiger partial charge in [-0.3, -0.25) is 0 Å². The first-order chi connectivity index (χ1) is 7.61. The summed E-state index contributed by atoms with van der Waals surface area (Å²) in [4.78, 5) is 0. The van der Waals surface area contributed by atoms with Gasteiger partial charge in [0.15, 0.2) is 0 Å². The summed E-state index contributed by atoms with van der Waals surface area (Å²) in [6, 6.07) is 7.67. The van der Waals surface area contributed by atoms with E-state index in [2.05, 4.69) is 13.8 Å². The van der Waals surface area contributed by atoms with Gasteiger partial charge in [0.2, 0.25) is 5.30 Å². The van der Waals surface area contributed by atoms with Gasteiger partial charge < -0.3 is 0 Å². The minimum Gasteiger partial charge on any atom is -0.142 e. The van der Waals surface area contributed by atoms with Crippen LogP contribution >= 0.6 is 8.03 Å². The largest absolute Gasteiger partial charge is 0.548 e. The lowest BCUT2D eigenvalue weighted by molar-refractivity contribution is 0.314. The van der Waals surface area contributed by atoms with Crippen LogP contribution in [-0.4, -0.2) is 6.61 Å². The molecule has 0 bridgehead atoms. The van der Waals surface area contributed by atoms with Crippen molar-refractivity contribution in [3.63, 3.8) is 0 Å². The molecule has 3 heteroatoms. The van der Waals surface area contributed by atoms with Crippen LogP contribution in [0.1, 0.15) is 32.3 Å². The third-order valence-corrected chi connectivity index (χ3v) is 3.76. The first-order valence-electron chi connectivity index (χ1n) is 5.77. The van der Waals surface area contributed by atoms with Gasteiger partial charge in [0, 0.05) is 5.56 Å². The van der Waals surface area contributed by atoms with E-state index >= 15 is 0 Å². The Hall–Kier alpha value is -0.720. The highest BCUT2D eigenvalue weighted by atomic mass is 31.1. The molecule has 0 saturated carbocycles. The van der Waals surface area contributed by atoms with E-state index in [0.717, 1.165) is 23.7 Å². The summed E-state index contributed by atoms with van der Waals surface area (Å²) < 4.78 is 17.2. The summed E-state index contributed by atoms with van der Waals surface area (Å²) in [5.74, 6) is 0.681. The van der Waals surface area contributed by atoms with Crippen molar-refractivity contribution in [2.24, 2.45) is 5.92 Å². The Bertz CT molecular complexity index is 348. The molecule has 1 rings (SSSR count). The highest BCUT2D eigenvalue weighted by Crippen LogP contribution is 2.23. The fourth-order valence-electron chi connectivity index (χ4n) is 1.48. The maximum Gasteiger partial charge on any atom is 0.548 e. The van der Waals surface area contributed by atoms with Gasteiger partial charge in [-0.1, -0.05) is 32.0 Å². The third-order valence-electron chi connectivity index (χ3n) is 2.45. The molecule has 1 aromatic rings. The van der Waals surface area contributed by atoms with Crippen LogP contribution in [0.25, 0.3) is 0 Å². The van der Waals surface area contributed by atoms with E-state index in [1.807, 2.05) is 31.2 Å². The van der Waals surface area contributed by atoms with Crippen molar-refractivity contribution in [2.75, 3.05) is 6.61 Å². The van der Waals surface area contributed by atoms with Crippen molar-refractivity contribution < 1.29 is 9.09 Å². The van der Waals surface area contributed by atoms with Gasteiger partial charge >= 0.3 is 8.03 Å². The Morgan fingerprint density at radius 1 is 1.31 bits per heavy atom. The van der Waals surface area contributed by atoms with Crippen LogP contribution in [0.15, 0.2) is 24.3 Å². The Morgan fingerprint density at radius 3 is 2.62 bits per heavy atom. The lowest BCUT2D eigenvalue weighted by Crippen LogP contribution is -2.03. The van der Waals surface area contributed by atoms with E-state index < -0.39 is 8.03 Å². The molecule has 0 N–H and O–H groups in total. The van der Waals surface area contributed by atoms with Crippen molar-refractivity contribution in [3.05, 3.63) is 29.8 Å². The summed E-state index contributed by atoms with van der Waals surface area (Å²) in [7, 11) is -1.68. The molecule has 0 aromatic heterocycles. The summed E-state index contributed by atoms with van der Waals surface area (Å²) >= 11 is 0. The predicted octanol–water partition coefficient (Wildman–Crippen LogP) is 3.82. The molecule has 0 spiro atoms. The van der Waals surface area contributed by atoms with Crippen molar-refractivity contribution >= 4 is 13.3 Å². The first kappa shape index (κ1) is 13.3. The molecule has 1 aromatic carbocycles. The van der Waals surface area contributed by atoms with Gasteiger partial charge in [0.1, 0.15) is 6.61 Å². The average Bonchev–Trinajstić information content (AvgIpc) is 2.24. The smallest absolute Gasteiger partial charge is 0.142 e. The molecule has 0 heterocycles. The molecule has 0 aliphatic carbocycles. The van der Waals surface area contributed by atoms with Crippen molar-refractivity contribution in [1.29, 1.82) is 0 Å². The molecule has 0 aliphatic rings. The van der Waals surface area contributed by atoms with Crippen LogP contribution in [0, 0.1) is 12.8 Å². The summed E-state index contributed by atoms with van der Waals surface area (Å²) in [6.45, 7) is 6.91. The molecule has 0 aliphatic heterocycles. The van der Waals surface area contributed by atoms with Gasteiger partial charge in [-0.15, -0.1) is 4.52 Å². The number of aryl methyl sites for hydroxylation is 1. The van der Waals surface area contributed by atoms with E-state index in [1.54, 1.807) is 0 Å². The zero-order chi connectivity index (χ0) is 12.0. The quantitative estimate of drug-likeness (QED) is 0.557. The number of hydrogen-bond acceptors (Lipinski definition) is 2. The normalized spacial score (nSPS) is 11.9. The highest BCUT2D eigenvalue weighted by molar-refractivity contribution is 7.48. The zero-order valence-electron chi connectivity index (χ0n) is 10.3. The van der Waals surface area contributed by atoms with Gasteiger partial charge in [0.25, 0.3) is 0 Å². The maximum absolute atomic E-state index is 11.8. The molecule has 16 heavy (non-hydrogen) atoms. The summed E-state index contributed by atoms with van der Waals surface area (Å²) in [6.07, 6.45) is 2.10. The predicted molar refractivity (Wildman–Crippen MR) is 68.4 cm³/mol. The van der Waals surface area contributed by atoms with Crippen molar-refractivity contribution in [3.8, 4) is 0 Å². The molecular weight excluding hydrogens is 219 g/mol. The topological polar surface area (TPSA) is 26.3 Å². The van der Waals surface area contributed by atoms with E-state index in [-0.39, 0.29) is 0 Å². The molecule has 0 radical (unpaired) electrons. The number of benzene rings is 1. The third kappa shape index (κ3) is 4.42.